The minimum Gasteiger partial charge on any atom is -0.396 e. The van der Waals surface area contributed by atoms with Gasteiger partial charge in [0.2, 0.25) is 0 Å². The van der Waals surface area contributed by atoms with E-state index in [0.29, 0.717) is 11.4 Å². The number of aliphatic hydroxyl groups is 1. The molecule has 1 aromatic rings. The highest BCUT2D eigenvalue weighted by atomic mass is 79.9. The molecule has 6 heteroatoms. The molecule has 0 spiro atoms. The average Bonchev–Trinajstić information content (AvgIpc) is 2.94. The maximum absolute atomic E-state index is 12.8. The highest BCUT2D eigenvalue weighted by Gasteiger charge is 2.30. The molecule has 2 heterocycles. The van der Waals surface area contributed by atoms with E-state index in [1.165, 1.54) is 0 Å². The molecule has 0 aliphatic carbocycles. The van der Waals surface area contributed by atoms with E-state index in [4.69, 9.17) is 5.11 Å². The van der Waals surface area contributed by atoms with Gasteiger partial charge in [0.25, 0.3) is 5.91 Å². The number of nitrogens with zero attached hydrogens (tertiary/aromatic N) is 2. The van der Waals surface area contributed by atoms with Crippen LogP contribution in [0.25, 0.3) is 0 Å². The van der Waals surface area contributed by atoms with Crippen molar-refractivity contribution in [2.75, 3.05) is 25.0 Å². The zero-order chi connectivity index (χ0) is 15.2. The van der Waals surface area contributed by atoms with Gasteiger partial charge in [0.1, 0.15) is 5.82 Å². The third-order valence-corrected chi connectivity index (χ3v) is 4.20. The van der Waals surface area contributed by atoms with Crippen molar-refractivity contribution in [3.63, 3.8) is 0 Å². The number of hydrogen-bond donors (Lipinski definition) is 2. The Kier molecular flexibility index (Phi) is 5.99. The lowest BCUT2D eigenvalue weighted by Crippen LogP contribution is -2.36. The van der Waals surface area contributed by atoms with Gasteiger partial charge in [-0.25, -0.2) is 4.98 Å². The molecule has 1 fully saturated rings. The molecule has 1 aromatic heterocycles. The number of carbonyl (C=O) groups excluding carboxylic acids is 1. The fourth-order valence-electron chi connectivity index (χ4n) is 2.80. The zero-order valence-electron chi connectivity index (χ0n) is 12.3. The molecular formula is C15H22BrN3O2. The van der Waals surface area contributed by atoms with Crippen LogP contribution in [0, 0.1) is 0 Å². The molecule has 1 atom stereocenters. The third-order valence-electron chi connectivity index (χ3n) is 3.76. The molecule has 2 N–H and O–H groups in total. The highest BCUT2D eigenvalue weighted by molar-refractivity contribution is 9.10. The lowest BCUT2D eigenvalue weighted by atomic mass is 10.1. The van der Waals surface area contributed by atoms with Crippen LogP contribution in [0.3, 0.4) is 0 Å². The van der Waals surface area contributed by atoms with Crippen LogP contribution in [0.15, 0.2) is 16.7 Å². The van der Waals surface area contributed by atoms with E-state index in [1.807, 2.05) is 17.9 Å². The van der Waals surface area contributed by atoms with Gasteiger partial charge in [-0.05, 0) is 54.6 Å². The summed E-state index contributed by atoms with van der Waals surface area (Å²) >= 11 is 3.39. The van der Waals surface area contributed by atoms with Crippen LogP contribution in [0.5, 0.6) is 0 Å². The van der Waals surface area contributed by atoms with Crippen LogP contribution >= 0.6 is 15.9 Å². The number of carbonyl (C=O) groups is 1. The van der Waals surface area contributed by atoms with E-state index < -0.39 is 0 Å². The van der Waals surface area contributed by atoms with E-state index in [-0.39, 0.29) is 18.6 Å². The largest absolute Gasteiger partial charge is 0.396 e. The first kappa shape index (κ1) is 16.2. The Hall–Kier alpha value is -1.14. The molecule has 1 unspecified atom stereocenters. The standard InChI is InChI=1S/C15H22BrN3O2/c1-2-17-14-13(9-11(16)10-18-14)15(21)19-7-3-5-12(19)6-4-8-20/h9-10,12,20H,2-8H2,1H3,(H,17,18). The number of pyridine rings is 1. The van der Waals surface area contributed by atoms with Gasteiger partial charge in [0.05, 0.1) is 5.56 Å². The van der Waals surface area contributed by atoms with Crippen LogP contribution in [-0.2, 0) is 0 Å². The fraction of sp³-hybridized carbons (Fsp3) is 0.600. The number of halogens is 1. The summed E-state index contributed by atoms with van der Waals surface area (Å²) < 4.78 is 0.804. The molecular weight excluding hydrogens is 334 g/mol. The number of anilines is 1. The van der Waals surface area contributed by atoms with Crippen molar-refractivity contribution in [2.24, 2.45) is 0 Å². The van der Waals surface area contributed by atoms with E-state index in [9.17, 15) is 4.79 Å². The summed E-state index contributed by atoms with van der Waals surface area (Å²) in [5, 5.41) is 12.1. The molecule has 116 valence electrons. The SMILES string of the molecule is CCNc1ncc(Br)cc1C(=O)N1CCCC1CCCO. The smallest absolute Gasteiger partial charge is 0.257 e. The monoisotopic (exact) mass is 355 g/mol. The van der Waals surface area contributed by atoms with Gasteiger partial charge in [0, 0.05) is 36.4 Å². The van der Waals surface area contributed by atoms with Crippen molar-refractivity contribution in [1.29, 1.82) is 0 Å². The topological polar surface area (TPSA) is 65.5 Å². The van der Waals surface area contributed by atoms with Gasteiger partial charge in [0.15, 0.2) is 0 Å². The van der Waals surface area contributed by atoms with E-state index in [0.717, 1.165) is 43.2 Å². The number of rotatable bonds is 6. The first-order chi connectivity index (χ1) is 10.2. The van der Waals surface area contributed by atoms with Gasteiger partial charge in [-0.1, -0.05) is 0 Å². The van der Waals surface area contributed by atoms with Gasteiger partial charge in [-0.15, -0.1) is 0 Å². The maximum Gasteiger partial charge on any atom is 0.257 e. The van der Waals surface area contributed by atoms with Crippen molar-refractivity contribution in [1.82, 2.24) is 9.88 Å². The molecule has 0 radical (unpaired) electrons. The van der Waals surface area contributed by atoms with Gasteiger partial charge < -0.3 is 15.3 Å². The van der Waals surface area contributed by atoms with Crippen molar-refractivity contribution in [3.8, 4) is 0 Å². The van der Waals surface area contributed by atoms with E-state index >= 15 is 0 Å². The highest BCUT2D eigenvalue weighted by Crippen LogP contribution is 2.26. The van der Waals surface area contributed by atoms with Crippen LogP contribution in [0.2, 0.25) is 0 Å². The molecule has 21 heavy (non-hydrogen) atoms. The molecule has 1 saturated heterocycles. The number of nitrogens with one attached hydrogen (secondary N) is 1. The Morgan fingerprint density at radius 3 is 3.14 bits per heavy atom. The molecule has 0 saturated carbocycles. The van der Waals surface area contributed by atoms with E-state index in [1.54, 1.807) is 6.20 Å². The Bertz CT molecular complexity index is 496. The second-order valence-corrected chi connectivity index (χ2v) is 6.16. The molecule has 5 nitrogen and oxygen atoms in total. The van der Waals surface area contributed by atoms with Crippen molar-refractivity contribution in [3.05, 3.63) is 22.3 Å². The first-order valence-corrected chi connectivity index (χ1v) is 8.28. The summed E-state index contributed by atoms with van der Waals surface area (Å²) in [6.45, 7) is 3.67. The van der Waals surface area contributed by atoms with Crippen LogP contribution < -0.4 is 5.32 Å². The van der Waals surface area contributed by atoms with Crippen molar-refractivity contribution < 1.29 is 9.90 Å². The van der Waals surface area contributed by atoms with Crippen LogP contribution in [0.1, 0.15) is 43.0 Å². The van der Waals surface area contributed by atoms with Gasteiger partial charge in [-0.2, -0.15) is 0 Å². The third kappa shape index (κ3) is 3.95. The molecule has 2 rings (SSSR count). The quantitative estimate of drug-likeness (QED) is 0.823. The molecule has 1 amide bonds. The Morgan fingerprint density at radius 2 is 2.43 bits per heavy atom. The summed E-state index contributed by atoms with van der Waals surface area (Å²) in [5.41, 5.74) is 0.613. The number of likely N-dealkylation sites (tertiary alicyclic amines) is 1. The minimum atomic E-state index is 0.0280. The minimum absolute atomic E-state index is 0.0280. The summed E-state index contributed by atoms with van der Waals surface area (Å²) in [7, 11) is 0. The molecule has 1 aliphatic rings. The number of aromatic nitrogens is 1. The molecule has 1 aliphatic heterocycles. The maximum atomic E-state index is 12.8. The second-order valence-electron chi connectivity index (χ2n) is 5.24. The van der Waals surface area contributed by atoms with Crippen molar-refractivity contribution in [2.45, 2.75) is 38.6 Å². The number of hydrogen-bond acceptors (Lipinski definition) is 4. The average molecular weight is 356 g/mol. The van der Waals surface area contributed by atoms with Gasteiger partial charge >= 0.3 is 0 Å². The lowest BCUT2D eigenvalue weighted by molar-refractivity contribution is 0.0725. The molecule has 0 bridgehead atoms. The predicted molar refractivity (Wildman–Crippen MR) is 86.5 cm³/mol. The lowest BCUT2D eigenvalue weighted by Gasteiger charge is -2.25. The summed E-state index contributed by atoms with van der Waals surface area (Å²) in [5.74, 6) is 0.665. The summed E-state index contributed by atoms with van der Waals surface area (Å²) in [6, 6.07) is 2.06. The zero-order valence-corrected chi connectivity index (χ0v) is 13.9. The van der Waals surface area contributed by atoms with E-state index in [2.05, 4.69) is 26.2 Å². The van der Waals surface area contributed by atoms with Crippen LogP contribution in [-0.4, -0.2) is 46.6 Å². The Morgan fingerprint density at radius 1 is 1.62 bits per heavy atom. The van der Waals surface area contributed by atoms with Gasteiger partial charge in [-0.3, -0.25) is 4.79 Å². The van der Waals surface area contributed by atoms with Crippen LogP contribution in [0.4, 0.5) is 5.82 Å². The second kappa shape index (κ2) is 7.75. The normalized spacial score (nSPS) is 18.0. The Labute approximate surface area is 133 Å². The number of amides is 1. The van der Waals surface area contributed by atoms with Crippen molar-refractivity contribution >= 4 is 27.7 Å². The Balaban J connectivity index is 2.20. The first-order valence-electron chi connectivity index (χ1n) is 7.48. The number of aliphatic hydroxyl groups excluding tert-OH is 1. The molecule has 0 aromatic carbocycles. The predicted octanol–water partition coefficient (Wildman–Crippen LogP) is 2.65. The summed E-state index contributed by atoms with van der Waals surface area (Å²) in [4.78, 5) is 19.1. The summed E-state index contributed by atoms with van der Waals surface area (Å²) in [6.07, 6.45) is 5.34. The fourth-order valence-corrected chi connectivity index (χ4v) is 3.13.